The fraction of sp³-hybridized carbons (Fsp3) is 0.214. The molecule has 0 N–H and O–H groups in total. The highest BCUT2D eigenvalue weighted by Gasteiger charge is 2.75. The van der Waals surface area contributed by atoms with Crippen molar-refractivity contribution in [1.82, 2.24) is 0 Å². The van der Waals surface area contributed by atoms with Crippen LogP contribution in [-0.2, 0) is 14.3 Å². The fourth-order valence-electron chi connectivity index (χ4n) is 5.75. The summed E-state index contributed by atoms with van der Waals surface area (Å²) in [6, 6.07) is 18.5. The molecule has 3 atom stereocenters. The topological polar surface area (TPSA) is 80.8 Å². The molecule has 174 valence electrons. The predicted molar refractivity (Wildman–Crippen MR) is 129 cm³/mol. The van der Waals surface area contributed by atoms with E-state index in [9.17, 15) is 19.2 Å². The standard InChI is InChI=1S/C28H20ClNO5/c1-14-8-7-11-16(15(14)2)23-21-22(27(34)30(26(21)33)20-13-6-5-12-19(20)29)28(35-23)24(31)17-9-3-4-10-18(17)25(28)32/h3-13,21-23H,1-2H3/t21-,22-,23+/m0/s1. The zero-order valence-electron chi connectivity index (χ0n) is 18.9. The first-order valence-corrected chi connectivity index (χ1v) is 11.7. The number of Topliss-reactive ketones (excluding diaryl/α,β-unsaturated/α-hetero) is 2. The summed E-state index contributed by atoms with van der Waals surface area (Å²) in [7, 11) is 0. The fourth-order valence-corrected chi connectivity index (χ4v) is 5.97. The van der Waals surface area contributed by atoms with Crippen molar-refractivity contribution < 1.29 is 23.9 Å². The Morgan fingerprint density at radius 3 is 2.09 bits per heavy atom. The third kappa shape index (κ3) is 2.69. The van der Waals surface area contributed by atoms with Gasteiger partial charge in [-0.25, -0.2) is 4.90 Å². The summed E-state index contributed by atoms with van der Waals surface area (Å²) in [5.41, 5.74) is 1.05. The minimum absolute atomic E-state index is 0.203. The summed E-state index contributed by atoms with van der Waals surface area (Å²) in [5, 5.41) is 0.222. The molecule has 2 saturated heterocycles. The summed E-state index contributed by atoms with van der Waals surface area (Å²) >= 11 is 6.36. The van der Waals surface area contributed by atoms with Crippen molar-refractivity contribution in [2.45, 2.75) is 25.6 Å². The number of anilines is 1. The third-order valence-corrected chi connectivity index (χ3v) is 7.89. The van der Waals surface area contributed by atoms with Crippen molar-refractivity contribution in [3.63, 3.8) is 0 Å². The highest BCUT2D eigenvalue weighted by Crippen LogP contribution is 2.58. The average molecular weight is 486 g/mol. The lowest BCUT2D eigenvalue weighted by Crippen LogP contribution is -2.51. The molecule has 3 aliphatic rings. The number of hydrogen-bond acceptors (Lipinski definition) is 5. The molecule has 3 aromatic rings. The van der Waals surface area contributed by atoms with Gasteiger partial charge in [0.15, 0.2) is 0 Å². The molecule has 2 heterocycles. The highest BCUT2D eigenvalue weighted by molar-refractivity contribution is 6.39. The molecule has 0 unspecified atom stereocenters. The van der Waals surface area contributed by atoms with Crippen LogP contribution in [0.2, 0.25) is 5.02 Å². The number of nitrogens with zero attached hydrogens (tertiary/aromatic N) is 1. The lowest BCUT2D eigenvalue weighted by atomic mass is 9.76. The Balaban J connectivity index is 1.59. The lowest BCUT2D eigenvalue weighted by molar-refractivity contribution is -0.127. The Morgan fingerprint density at radius 1 is 0.800 bits per heavy atom. The number of ether oxygens (including phenoxy) is 1. The molecule has 0 saturated carbocycles. The number of amides is 2. The van der Waals surface area contributed by atoms with Crippen molar-refractivity contribution in [3.05, 3.63) is 99.6 Å². The van der Waals surface area contributed by atoms with Gasteiger partial charge in [-0.15, -0.1) is 0 Å². The van der Waals surface area contributed by atoms with E-state index in [2.05, 4.69) is 0 Å². The van der Waals surface area contributed by atoms with E-state index in [-0.39, 0.29) is 21.8 Å². The van der Waals surface area contributed by atoms with E-state index in [0.29, 0.717) is 5.56 Å². The van der Waals surface area contributed by atoms with Gasteiger partial charge in [-0.1, -0.05) is 66.2 Å². The van der Waals surface area contributed by atoms with E-state index in [4.69, 9.17) is 16.3 Å². The monoisotopic (exact) mass is 485 g/mol. The lowest BCUT2D eigenvalue weighted by Gasteiger charge is -2.28. The number of benzene rings is 3. The number of imide groups is 1. The van der Waals surface area contributed by atoms with Crippen molar-refractivity contribution in [2.75, 3.05) is 4.90 Å². The molecule has 2 fully saturated rings. The van der Waals surface area contributed by atoms with Crippen LogP contribution in [0.25, 0.3) is 0 Å². The second-order valence-corrected chi connectivity index (χ2v) is 9.64. The molecule has 6 rings (SSSR count). The number of hydrogen-bond donors (Lipinski definition) is 0. The molecule has 1 aliphatic carbocycles. The summed E-state index contributed by atoms with van der Waals surface area (Å²) in [4.78, 5) is 56.5. The van der Waals surface area contributed by atoms with E-state index < -0.39 is 46.9 Å². The quantitative estimate of drug-likeness (QED) is 0.390. The Bertz CT molecular complexity index is 1440. The Morgan fingerprint density at radius 2 is 1.43 bits per heavy atom. The van der Waals surface area contributed by atoms with Crippen LogP contribution >= 0.6 is 11.6 Å². The number of carbonyl (C=O) groups excluding carboxylic acids is 4. The van der Waals surface area contributed by atoms with Gasteiger partial charge in [0.1, 0.15) is 0 Å². The van der Waals surface area contributed by atoms with Crippen molar-refractivity contribution in [2.24, 2.45) is 11.8 Å². The molecule has 0 aromatic heterocycles. The number of aryl methyl sites for hydroxylation is 1. The van der Waals surface area contributed by atoms with Crippen LogP contribution in [0.15, 0.2) is 66.7 Å². The van der Waals surface area contributed by atoms with Crippen molar-refractivity contribution in [3.8, 4) is 0 Å². The molecule has 2 amide bonds. The van der Waals surface area contributed by atoms with Crippen LogP contribution in [0, 0.1) is 25.7 Å². The van der Waals surface area contributed by atoms with E-state index in [1.54, 1.807) is 48.5 Å². The molecule has 3 aromatic carbocycles. The normalized spacial score (nSPS) is 24.4. The van der Waals surface area contributed by atoms with Crippen LogP contribution in [0.1, 0.15) is 43.5 Å². The number of para-hydroxylation sites is 1. The third-order valence-electron chi connectivity index (χ3n) is 7.57. The zero-order chi connectivity index (χ0) is 24.6. The second kappa shape index (κ2) is 7.44. The molecule has 6 nitrogen and oxygen atoms in total. The second-order valence-electron chi connectivity index (χ2n) is 9.23. The van der Waals surface area contributed by atoms with Gasteiger partial charge < -0.3 is 4.74 Å². The van der Waals surface area contributed by atoms with Gasteiger partial charge in [-0.2, -0.15) is 0 Å². The van der Waals surface area contributed by atoms with E-state index in [0.717, 1.165) is 16.0 Å². The number of rotatable bonds is 2. The van der Waals surface area contributed by atoms with Crippen LogP contribution in [0.3, 0.4) is 0 Å². The zero-order valence-corrected chi connectivity index (χ0v) is 19.7. The first kappa shape index (κ1) is 21.9. The number of halogens is 1. The predicted octanol–water partition coefficient (Wildman–Crippen LogP) is 4.65. The van der Waals surface area contributed by atoms with E-state index in [1.807, 2.05) is 32.0 Å². The summed E-state index contributed by atoms with van der Waals surface area (Å²) < 4.78 is 6.36. The average Bonchev–Trinajstić information content (AvgIpc) is 3.41. The van der Waals surface area contributed by atoms with Crippen molar-refractivity contribution in [1.29, 1.82) is 0 Å². The first-order chi connectivity index (χ1) is 16.8. The van der Waals surface area contributed by atoms with E-state index in [1.165, 1.54) is 0 Å². The number of fused-ring (bicyclic) bond motifs is 3. The van der Waals surface area contributed by atoms with Gasteiger partial charge in [-0.3, -0.25) is 19.2 Å². The van der Waals surface area contributed by atoms with Crippen LogP contribution in [0.4, 0.5) is 5.69 Å². The minimum Gasteiger partial charge on any atom is -0.349 e. The molecule has 35 heavy (non-hydrogen) atoms. The van der Waals surface area contributed by atoms with Gasteiger partial charge in [0, 0.05) is 11.1 Å². The molecule has 7 heteroatoms. The number of carbonyl (C=O) groups is 4. The maximum atomic E-state index is 13.9. The summed E-state index contributed by atoms with van der Waals surface area (Å²) in [5.74, 6) is -4.71. The van der Waals surface area contributed by atoms with Crippen LogP contribution < -0.4 is 4.90 Å². The maximum Gasteiger partial charge on any atom is 0.241 e. The smallest absolute Gasteiger partial charge is 0.241 e. The van der Waals surface area contributed by atoms with Gasteiger partial charge >= 0.3 is 0 Å². The minimum atomic E-state index is -2.10. The van der Waals surface area contributed by atoms with Gasteiger partial charge in [0.05, 0.1) is 28.6 Å². The SMILES string of the molecule is Cc1cccc([C@H]2OC3(C(=O)c4ccccc4C3=O)[C@@H]3C(=O)N(c4ccccc4Cl)C(=O)[C@H]23)c1C. The Hall–Kier alpha value is -3.61. The molecular formula is C28H20ClNO5. The summed E-state index contributed by atoms with van der Waals surface area (Å²) in [6.45, 7) is 3.83. The van der Waals surface area contributed by atoms with Crippen LogP contribution in [0.5, 0.6) is 0 Å². The van der Waals surface area contributed by atoms with Crippen molar-refractivity contribution >= 4 is 40.7 Å². The molecule has 0 radical (unpaired) electrons. The first-order valence-electron chi connectivity index (χ1n) is 11.3. The van der Waals surface area contributed by atoms with Gasteiger partial charge in [0.2, 0.25) is 29.0 Å². The van der Waals surface area contributed by atoms with Crippen LogP contribution in [-0.4, -0.2) is 29.0 Å². The Labute approximate surface area is 206 Å². The molecule has 1 spiro atoms. The Kier molecular flexibility index (Phi) is 4.66. The molecule has 2 aliphatic heterocycles. The van der Waals surface area contributed by atoms with E-state index >= 15 is 0 Å². The number of ketones is 2. The summed E-state index contributed by atoms with van der Waals surface area (Å²) in [6.07, 6.45) is -0.953. The highest BCUT2D eigenvalue weighted by atomic mass is 35.5. The van der Waals surface area contributed by atoms with Gasteiger partial charge in [0.25, 0.3) is 0 Å². The molecular weight excluding hydrogens is 466 g/mol. The van der Waals surface area contributed by atoms with Gasteiger partial charge in [-0.05, 0) is 42.7 Å². The maximum absolute atomic E-state index is 13.9. The molecule has 0 bridgehead atoms. The largest absolute Gasteiger partial charge is 0.349 e.